The predicted molar refractivity (Wildman–Crippen MR) is 63.6 cm³/mol. The summed E-state index contributed by atoms with van der Waals surface area (Å²) >= 11 is 11.6. The molecule has 0 saturated carbocycles. The van der Waals surface area contributed by atoms with Crippen LogP contribution in [0.5, 0.6) is 0 Å². The van der Waals surface area contributed by atoms with Crippen LogP contribution in [0.1, 0.15) is 6.42 Å². The number of anilines is 1. The molecule has 0 bridgehead atoms. The third-order valence-electron chi connectivity index (χ3n) is 1.82. The van der Waals surface area contributed by atoms with E-state index < -0.39 is 0 Å². The summed E-state index contributed by atoms with van der Waals surface area (Å²) < 4.78 is 0. The van der Waals surface area contributed by atoms with Crippen LogP contribution in [0, 0.1) is 0 Å². The highest BCUT2D eigenvalue weighted by Gasteiger charge is 1.99. The smallest absolute Gasteiger partial charge is 0.221 e. The zero-order chi connectivity index (χ0) is 11.3. The molecule has 15 heavy (non-hydrogen) atoms. The third-order valence-corrected chi connectivity index (χ3v) is 2.26. The summed E-state index contributed by atoms with van der Waals surface area (Å²) in [4.78, 5) is 10.9. The van der Waals surface area contributed by atoms with E-state index >= 15 is 0 Å². The molecule has 0 aromatic heterocycles. The molecular formula is C10H12Cl2N2O. The summed E-state index contributed by atoms with van der Waals surface area (Å²) in [5.41, 5.74) is 0.816. The monoisotopic (exact) mass is 246 g/mol. The Bertz CT molecular complexity index is 335. The minimum atomic E-state index is -0.00405. The maximum Gasteiger partial charge on any atom is 0.221 e. The highest BCUT2D eigenvalue weighted by molar-refractivity contribution is 6.35. The molecule has 0 radical (unpaired) electrons. The number of hydrogen-bond acceptors (Lipinski definition) is 2. The lowest BCUT2D eigenvalue weighted by Gasteiger charge is -2.06. The van der Waals surface area contributed by atoms with Gasteiger partial charge in [-0.3, -0.25) is 4.79 Å². The van der Waals surface area contributed by atoms with E-state index in [1.807, 2.05) is 0 Å². The van der Waals surface area contributed by atoms with Crippen LogP contribution in [0.2, 0.25) is 10.0 Å². The summed E-state index contributed by atoms with van der Waals surface area (Å²) in [6.07, 6.45) is 0.417. The highest BCUT2D eigenvalue weighted by Crippen LogP contribution is 2.22. The molecule has 0 fully saturated rings. The minimum Gasteiger partial charge on any atom is -0.384 e. The summed E-state index contributed by atoms with van der Waals surface area (Å²) in [6, 6.07) is 5.18. The number of amides is 1. The van der Waals surface area contributed by atoms with Crippen molar-refractivity contribution < 1.29 is 4.79 Å². The molecule has 1 aromatic carbocycles. The quantitative estimate of drug-likeness (QED) is 0.858. The Labute approximate surface area is 98.8 Å². The molecule has 2 N–H and O–H groups in total. The molecule has 0 atom stereocenters. The Morgan fingerprint density at radius 3 is 2.40 bits per heavy atom. The van der Waals surface area contributed by atoms with Crippen molar-refractivity contribution in [3.05, 3.63) is 28.2 Å². The number of hydrogen-bond donors (Lipinski definition) is 2. The van der Waals surface area contributed by atoms with E-state index in [4.69, 9.17) is 23.2 Å². The van der Waals surface area contributed by atoms with Crippen molar-refractivity contribution in [3.63, 3.8) is 0 Å². The molecule has 82 valence electrons. The second-order valence-corrected chi connectivity index (χ2v) is 3.88. The Hall–Kier alpha value is -0.930. The molecule has 0 saturated heterocycles. The van der Waals surface area contributed by atoms with Gasteiger partial charge < -0.3 is 10.6 Å². The van der Waals surface area contributed by atoms with Crippen LogP contribution in [-0.4, -0.2) is 19.5 Å². The number of benzene rings is 1. The number of halogens is 2. The van der Waals surface area contributed by atoms with Crippen LogP contribution in [-0.2, 0) is 4.79 Å². The van der Waals surface area contributed by atoms with E-state index in [0.29, 0.717) is 23.0 Å². The molecule has 0 aliphatic rings. The lowest BCUT2D eigenvalue weighted by atomic mass is 10.3. The van der Waals surface area contributed by atoms with Gasteiger partial charge in [-0.15, -0.1) is 0 Å². The van der Waals surface area contributed by atoms with Crippen molar-refractivity contribution in [3.8, 4) is 0 Å². The van der Waals surface area contributed by atoms with Crippen molar-refractivity contribution in [1.29, 1.82) is 0 Å². The van der Waals surface area contributed by atoms with Crippen LogP contribution in [0.15, 0.2) is 18.2 Å². The van der Waals surface area contributed by atoms with E-state index in [2.05, 4.69) is 10.6 Å². The zero-order valence-corrected chi connectivity index (χ0v) is 9.82. The average molecular weight is 247 g/mol. The Morgan fingerprint density at radius 1 is 1.27 bits per heavy atom. The Balaban J connectivity index is 2.47. The van der Waals surface area contributed by atoms with E-state index in [0.717, 1.165) is 5.69 Å². The molecule has 0 heterocycles. The van der Waals surface area contributed by atoms with Gasteiger partial charge in [0, 0.05) is 35.7 Å². The fourth-order valence-corrected chi connectivity index (χ4v) is 1.63. The fraction of sp³-hybridized carbons (Fsp3) is 0.300. The van der Waals surface area contributed by atoms with Crippen LogP contribution < -0.4 is 10.6 Å². The van der Waals surface area contributed by atoms with Gasteiger partial charge in [-0.2, -0.15) is 0 Å². The van der Waals surface area contributed by atoms with Gasteiger partial charge in [0.2, 0.25) is 5.91 Å². The van der Waals surface area contributed by atoms with Gasteiger partial charge in [-0.1, -0.05) is 23.2 Å². The Morgan fingerprint density at radius 2 is 1.87 bits per heavy atom. The standard InChI is InChI=1S/C10H12Cl2N2O/c1-13-10(15)2-3-14-9-5-7(11)4-8(12)6-9/h4-6,14H,2-3H2,1H3,(H,13,15). The van der Waals surface area contributed by atoms with E-state index in [9.17, 15) is 4.79 Å². The van der Waals surface area contributed by atoms with Crippen molar-refractivity contribution in [2.45, 2.75) is 6.42 Å². The molecule has 5 heteroatoms. The van der Waals surface area contributed by atoms with Crippen molar-refractivity contribution >= 4 is 34.8 Å². The third kappa shape index (κ3) is 4.40. The predicted octanol–water partition coefficient (Wildman–Crippen LogP) is 2.54. The summed E-state index contributed by atoms with van der Waals surface area (Å²) in [6.45, 7) is 0.552. The maximum absolute atomic E-state index is 10.9. The normalized spacial score (nSPS) is 9.80. The minimum absolute atomic E-state index is 0.00405. The first-order valence-corrected chi connectivity index (χ1v) is 5.28. The molecule has 0 aliphatic carbocycles. The fourth-order valence-electron chi connectivity index (χ4n) is 1.10. The number of rotatable bonds is 4. The molecular weight excluding hydrogens is 235 g/mol. The summed E-state index contributed by atoms with van der Waals surface area (Å²) in [7, 11) is 1.61. The van der Waals surface area contributed by atoms with Gasteiger partial charge >= 0.3 is 0 Å². The lowest BCUT2D eigenvalue weighted by Crippen LogP contribution is -2.20. The molecule has 1 aromatic rings. The molecule has 1 amide bonds. The molecule has 1 rings (SSSR count). The number of carbonyl (C=O) groups is 1. The van der Waals surface area contributed by atoms with Gasteiger partial charge in [0.1, 0.15) is 0 Å². The second kappa shape index (κ2) is 5.83. The van der Waals surface area contributed by atoms with Crippen molar-refractivity contribution in [2.75, 3.05) is 18.9 Å². The van der Waals surface area contributed by atoms with Crippen molar-refractivity contribution in [2.24, 2.45) is 0 Å². The van der Waals surface area contributed by atoms with Crippen molar-refractivity contribution in [1.82, 2.24) is 5.32 Å². The van der Waals surface area contributed by atoms with Gasteiger partial charge in [0.05, 0.1) is 0 Å². The van der Waals surface area contributed by atoms with E-state index in [1.54, 1.807) is 25.2 Å². The van der Waals surface area contributed by atoms with Gasteiger partial charge in [-0.25, -0.2) is 0 Å². The number of nitrogens with one attached hydrogen (secondary N) is 2. The van der Waals surface area contributed by atoms with Crippen LogP contribution >= 0.6 is 23.2 Å². The SMILES string of the molecule is CNC(=O)CCNc1cc(Cl)cc(Cl)c1. The first kappa shape index (κ1) is 12.1. The Kier molecular flexibility index (Phi) is 4.72. The molecule has 0 spiro atoms. The van der Waals surface area contributed by atoms with E-state index in [1.165, 1.54) is 0 Å². The highest BCUT2D eigenvalue weighted by atomic mass is 35.5. The zero-order valence-electron chi connectivity index (χ0n) is 8.31. The molecule has 0 unspecified atom stereocenters. The maximum atomic E-state index is 10.9. The van der Waals surface area contributed by atoms with Gasteiger partial charge in [-0.05, 0) is 18.2 Å². The summed E-state index contributed by atoms with van der Waals surface area (Å²) in [5, 5.41) is 6.75. The van der Waals surface area contributed by atoms with Crippen LogP contribution in [0.4, 0.5) is 5.69 Å². The topological polar surface area (TPSA) is 41.1 Å². The first-order valence-electron chi connectivity index (χ1n) is 4.52. The van der Waals surface area contributed by atoms with Gasteiger partial charge in [0.15, 0.2) is 0 Å². The lowest BCUT2D eigenvalue weighted by molar-refractivity contribution is -0.120. The molecule has 0 aliphatic heterocycles. The molecule has 3 nitrogen and oxygen atoms in total. The van der Waals surface area contributed by atoms with E-state index in [-0.39, 0.29) is 5.91 Å². The first-order chi connectivity index (χ1) is 7.11. The largest absolute Gasteiger partial charge is 0.384 e. The van der Waals surface area contributed by atoms with Gasteiger partial charge in [0.25, 0.3) is 0 Å². The van der Waals surface area contributed by atoms with Crippen LogP contribution in [0.3, 0.4) is 0 Å². The van der Waals surface area contributed by atoms with Crippen LogP contribution in [0.25, 0.3) is 0 Å². The average Bonchev–Trinajstić information content (AvgIpc) is 2.16. The second-order valence-electron chi connectivity index (χ2n) is 3.01. The summed E-state index contributed by atoms with van der Waals surface area (Å²) in [5.74, 6) is -0.00405. The number of carbonyl (C=O) groups excluding carboxylic acids is 1.